The molecule has 0 bridgehead atoms. The Kier molecular flexibility index (Phi) is 6.09. The lowest BCUT2D eigenvalue weighted by Gasteiger charge is -2.17. The lowest BCUT2D eigenvalue weighted by Crippen LogP contribution is -2.24. The van der Waals surface area contributed by atoms with Crippen molar-refractivity contribution in [3.05, 3.63) is 75.5 Å². The first-order valence-electron chi connectivity index (χ1n) is 8.45. The maximum Gasteiger partial charge on any atom is 0.270 e. The highest BCUT2D eigenvalue weighted by Gasteiger charge is 2.11. The van der Waals surface area contributed by atoms with Crippen molar-refractivity contribution in [1.29, 1.82) is 5.26 Å². The van der Waals surface area contributed by atoms with Gasteiger partial charge in [0.2, 0.25) is 6.41 Å². The van der Waals surface area contributed by atoms with Crippen LogP contribution in [0.4, 0.5) is 5.69 Å². The molecule has 0 spiro atoms. The number of aromatic nitrogens is 2. The lowest BCUT2D eigenvalue weighted by molar-refractivity contribution is -0.107. The number of anilines is 1. The van der Waals surface area contributed by atoms with Crippen LogP contribution in [0.5, 0.6) is 0 Å². The number of benzene rings is 1. The predicted molar refractivity (Wildman–Crippen MR) is 106 cm³/mol. The molecule has 7 nitrogen and oxygen atoms in total. The Morgan fingerprint density at radius 3 is 2.79 bits per heavy atom. The molecule has 0 aliphatic heterocycles. The molecule has 3 aromatic rings. The van der Waals surface area contributed by atoms with Gasteiger partial charge in [0.25, 0.3) is 5.91 Å². The molecule has 28 heavy (non-hydrogen) atoms. The Bertz CT molecular complexity index is 1020. The van der Waals surface area contributed by atoms with Crippen molar-refractivity contribution in [2.45, 2.75) is 20.0 Å². The van der Waals surface area contributed by atoms with E-state index < -0.39 is 0 Å². The van der Waals surface area contributed by atoms with Crippen LogP contribution < -0.4 is 10.2 Å². The number of hydrogen-bond donors (Lipinski definition) is 1. The largest absolute Gasteiger partial charge is 0.346 e. The van der Waals surface area contributed by atoms with Crippen LogP contribution in [-0.4, -0.2) is 22.3 Å². The van der Waals surface area contributed by atoms with Crippen molar-refractivity contribution >= 4 is 29.3 Å². The summed E-state index contributed by atoms with van der Waals surface area (Å²) in [5.74, 6) is -0.272. The minimum absolute atomic E-state index is 0.272. The van der Waals surface area contributed by atoms with Gasteiger partial charge in [-0.15, -0.1) is 11.3 Å². The monoisotopic (exact) mass is 391 g/mol. The third-order valence-electron chi connectivity index (χ3n) is 3.94. The normalized spacial score (nSPS) is 10.1. The zero-order chi connectivity index (χ0) is 19.9. The summed E-state index contributed by atoms with van der Waals surface area (Å²) in [6, 6.07) is 12.2. The first-order valence-corrected chi connectivity index (χ1v) is 9.27. The maximum atomic E-state index is 12.2. The third kappa shape index (κ3) is 4.78. The second kappa shape index (κ2) is 8.88. The van der Waals surface area contributed by atoms with Crippen LogP contribution in [0.25, 0.3) is 0 Å². The summed E-state index contributed by atoms with van der Waals surface area (Å²) in [5.41, 5.74) is 2.17. The van der Waals surface area contributed by atoms with Crippen molar-refractivity contribution in [2.75, 3.05) is 4.90 Å². The van der Waals surface area contributed by atoms with E-state index in [1.165, 1.54) is 16.2 Å². The Morgan fingerprint density at radius 1 is 1.29 bits per heavy atom. The molecule has 2 aromatic heterocycles. The molecule has 0 fully saturated rings. The fourth-order valence-electron chi connectivity index (χ4n) is 2.54. The van der Waals surface area contributed by atoms with Gasteiger partial charge in [-0.1, -0.05) is 12.1 Å². The average molecular weight is 391 g/mol. The minimum Gasteiger partial charge on any atom is -0.346 e. The predicted octanol–water partition coefficient (Wildman–Crippen LogP) is 2.81. The summed E-state index contributed by atoms with van der Waals surface area (Å²) >= 11 is 1.53. The van der Waals surface area contributed by atoms with Crippen LogP contribution in [-0.2, 0) is 17.9 Å². The maximum absolute atomic E-state index is 12.2. The van der Waals surface area contributed by atoms with Crippen LogP contribution in [0.2, 0.25) is 0 Å². The van der Waals surface area contributed by atoms with E-state index in [0.717, 1.165) is 15.4 Å². The third-order valence-corrected chi connectivity index (χ3v) is 4.85. The minimum atomic E-state index is -0.272. The SMILES string of the molecule is Cc1ncc(CNC(=O)c2ccc(CN(C=O)c3cccc(C#N)c3)cn2)s1. The van der Waals surface area contributed by atoms with E-state index >= 15 is 0 Å². The number of nitrogens with one attached hydrogen (secondary N) is 1. The molecule has 0 aliphatic rings. The van der Waals surface area contributed by atoms with Crippen molar-refractivity contribution < 1.29 is 9.59 Å². The summed E-state index contributed by atoms with van der Waals surface area (Å²) in [6.45, 7) is 2.60. The van der Waals surface area contributed by atoms with E-state index in [9.17, 15) is 9.59 Å². The van der Waals surface area contributed by atoms with Gasteiger partial charge in [0.15, 0.2) is 0 Å². The summed E-state index contributed by atoms with van der Waals surface area (Å²) < 4.78 is 0. The lowest BCUT2D eigenvalue weighted by atomic mass is 10.2. The van der Waals surface area contributed by atoms with Gasteiger partial charge in [-0.3, -0.25) is 14.6 Å². The summed E-state index contributed by atoms with van der Waals surface area (Å²) in [4.78, 5) is 34.5. The number of aryl methyl sites for hydroxylation is 1. The quantitative estimate of drug-likeness (QED) is 0.625. The zero-order valence-electron chi connectivity index (χ0n) is 15.1. The highest BCUT2D eigenvalue weighted by molar-refractivity contribution is 7.11. The molecule has 0 saturated carbocycles. The van der Waals surface area contributed by atoms with Crippen LogP contribution >= 0.6 is 11.3 Å². The molecule has 2 amide bonds. The summed E-state index contributed by atoms with van der Waals surface area (Å²) in [7, 11) is 0. The molecule has 0 aliphatic carbocycles. The average Bonchev–Trinajstić information content (AvgIpc) is 3.16. The number of nitrogens with zero attached hydrogens (tertiary/aromatic N) is 4. The topological polar surface area (TPSA) is 99.0 Å². The van der Waals surface area contributed by atoms with Gasteiger partial charge >= 0.3 is 0 Å². The fraction of sp³-hybridized carbons (Fsp3) is 0.150. The first-order chi connectivity index (χ1) is 13.6. The summed E-state index contributed by atoms with van der Waals surface area (Å²) in [6.07, 6.45) is 4.01. The van der Waals surface area contributed by atoms with Crippen molar-refractivity contribution in [3.8, 4) is 6.07 Å². The number of rotatable bonds is 7. The number of carbonyl (C=O) groups excluding carboxylic acids is 2. The Morgan fingerprint density at radius 2 is 2.14 bits per heavy atom. The Labute approximate surface area is 166 Å². The molecule has 1 N–H and O–H groups in total. The van der Waals surface area contributed by atoms with Crippen LogP contribution in [0.3, 0.4) is 0 Å². The van der Waals surface area contributed by atoms with Crippen molar-refractivity contribution in [2.24, 2.45) is 0 Å². The number of hydrogen-bond acceptors (Lipinski definition) is 6. The number of carbonyl (C=O) groups is 2. The second-order valence-corrected chi connectivity index (χ2v) is 7.29. The van der Waals surface area contributed by atoms with Gasteiger partial charge < -0.3 is 10.2 Å². The molecule has 140 valence electrons. The molecule has 0 radical (unpaired) electrons. The number of pyridine rings is 1. The Balaban J connectivity index is 1.63. The summed E-state index contributed by atoms with van der Waals surface area (Å²) in [5, 5.41) is 12.8. The van der Waals surface area contributed by atoms with Gasteiger partial charge in [0.05, 0.1) is 29.7 Å². The molecular formula is C20H17N5O2S. The van der Waals surface area contributed by atoms with Crippen LogP contribution in [0, 0.1) is 18.3 Å². The molecule has 8 heteroatoms. The van der Waals surface area contributed by atoms with E-state index in [1.807, 2.05) is 6.92 Å². The molecule has 1 aromatic carbocycles. The van der Waals surface area contributed by atoms with E-state index in [2.05, 4.69) is 21.4 Å². The molecule has 0 saturated heterocycles. The number of amides is 2. The van der Waals surface area contributed by atoms with E-state index in [4.69, 9.17) is 5.26 Å². The van der Waals surface area contributed by atoms with Crippen molar-refractivity contribution in [3.63, 3.8) is 0 Å². The molecule has 0 unspecified atom stereocenters. The zero-order valence-corrected chi connectivity index (χ0v) is 15.9. The fourth-order valence-corrected chi connectivity index (χ4v) is 3.27. The first kappa shape index (κ1) is 19.2. The standard InChI is InChI=1S/C20H17N5O2S/c1-14-22-10-18(28-14)11-24-20(27)19-6-5-16(9-23-19)12-25(13-26)17-4-2-3-15(7-17)8-21/h2-7,9-10,13H,11-12H2,1H3,(H,24,27). The van der Waals surface area contributed by atoms with Gasteiger partial charge in [-0.25, -0.2) is 4.98 Å². The van der Waals surface area contributed by atoms with Crippen LogP contribution in [0.15, 0.2) is 48.8 Å². The number of nitriles is 1. The number of thiazole rings is 1. The highest BCUT2D eigenvalue weighted by Crippen LogP contribution is 2.17. The van der Waals surface area contributed by atoms with Gasteiger partial charge in [-0.2, -0.15) is 5.26 Å². The van der Waals surface area contributed by atoms with Gasteiger partial charge in [-0.05, 0) is 36.8 Å². The molecular weight excluding hydrogens is 374 g/mol. The molecule has 0 atom stereocenters. The Hall–Kier alpha value is -3.57. The van der Waals surface area contributed by atoms with E-state index in [0.29, 0.717) is 29.9 Å². The highest BCUT2D eigenvalue weighted by atomic mass is 32.1. The van der Waals surface area contributed by atoms with Gasteiger partial charge in [0, 0.05) is 23.0 Å². The molecule has 3 rings (SSSR count). The second-order valence-electron chi connectivity index (χ2n) is 5.98. The van der Waals surface area contributed by atoms with E-state index in [1.54, 1.807) is 48.8 Å². The smallest absolute Gasteiger partial charge is 0.270 e. The van der Waals surface area contributed by atoms with E-state index in [-0.39, 0.29) is 12.5 Å². The van der Waals surface area contributed by atoms with Crippen LogP contribution in [0.1, 0.15) is 31.5 Å². The van der Waals surface area contributed by atoms with Crippen molar-refractivity contribution in [1.82, 2.24) is 15.3 Å². The molecule has 2 heterocycles. The van der Waals surface area contributed by atoms with Gasteiger partial charge in [0.1, 0.15) is 5.69 Å².